The summed E-state index contributed by atoms with van der Waals surface area (Å²) in [5.41, 5.74) is 26.3. The first-order valence-corrected chi connectivity index (χ1v) is 34.3. The van der Waals surface area contributed by atoms with Crippen molar-refractivity contribution in [2.75, 3.05) is 9.80 Å². The summed E-state index contributed by atoms with van der Waals surface area (Å²) in [6.45, 7) is 0.0692. The fourth-order valence-corrected chi connectivity index (χ4v) is 15.6. The van der Waals surface area contributed by atoms with Crippen molar-refractivity contribution in [1.82, 2.24) is 34.1 Å². The normalized spacial score (nSPS) is 12.3. The van der Waals surface area contributed by atoms with Crippen LogP contribution in [0.3, 0.4) is 0 Å². The molecule has 0 N–H and O–H groups in total. The summed E-state index contributed by atoms with van der Waals surface area (Å²) in [5.74, 6) is 2.30. The fraction of sp³-hybridized carbons (Fsp3) is 0. The molecular weight excluding hydrogens is 1230 g/mol. The Labute approximate surface area is 583 Å². The fourth-order valence-electron chi connectivity index (χ4n) is 15.6. The Balaban J connectivity index is 0.741. The highest BCUT2D eigenvalue weighted by Crippen LogP contribution is 2.46. The molecule has 0 radical (unpaired) electrons. The molecule has 2 aliphatic heterocycles. The zero-order valence-corrected chi connectivity index (χ0v) is 54.6. The van der Waals surface area contributed by atoms with E-state index in [1.54, 1.807) is 0 Å². The highest BCUT2D eigenvalue weighted by atomic mass is 15.2. The van der Waals surface area contributed by atoms with Crippen molar-refractivity contribution in [2.45, 2.75) is 0 Å². The van der Waals surface area contributed by atoms with Gasteiger partial charge in [-0.2, -0.15) is 0 Å². The molecule has 0 atom stereocenters. The molecule has 10 heteroatoms. The van der Waals surface area contributed by atoms with E-state index in [9.17, 15) is 0 Å². The Bertz CT molecular complexity index is 6200. The molecule has 0 saturated carbocycles. The topological polar surface area (TPSA) is 80.8 Å². The third-order valence-corrected chi connectivity index (χ3v) is 20.2. The van der Waals surface area contributed by atoms with Gasteiger partial charge in [-0.1, -0.05) is 243 Å². The van der Waals surface area contributed by atoms with Crippen LogP contribution in [0.1, 0.15) is 0 Å². The lowest BCUT2D eigenvalue weighted by Gasteiger charge is -2.44. The SMILES string of the molecule is c1ccc(-c2cc(-c3cc(-c4nc(-c5ccccc5)nc(-c5ccccc5)n4)ccc3-n3c4ccccc4c4cc5c6ccccc6n(-c6ccccc6)c5cc43)nc(-c3ccc(-c4ccc(N5c6ccccc6B6c7ccccc7N(c7ccccc7)c7cccc5c76)cc4)cc3)n2)cc1. The van der Waals surface area contributed by atoms with Crippen LogP contribution >= 0.6 is 0 Å². The summed E-state index contributed by atoms with van der Waals surface area (Å²) in [7, 11) is 0. The second-order valence-corrected chi connectivity index (χ2v) is 25.9. The molecule has 0 spiro atoms. The smallest absolute Gasteiger partial charge is 0.252 e. The van der Waals surface area contributed by atoms with Gasteiger partial charge in [0.25, 0.3) is 6.71 Å². The van der Waals surface area contributed by atoms with Gasteiger partial charge in [0.15, 0.2) is 23.3 Å². The Morgan fingerprint density at radius 2 is 0.624 bits per heavy atom. The molecule has 0 fully saturated rings. The molecule has 0 unspecified atom stereocenters. The Hall–Kier alpha value is -13.6. The molecule has 6 heterocycles. The molecule has 470 valence electrons. The van der Waals surface area contributed by atoms with Crippen LogP contribution in [0.15, 0.2) is 352 Å². The summed E-state index contributed by atoms with van der Waals surface area (Å²) in [6, 6.07) is 125. The Morgan fingerprint density at radius 3 is 1.21 bits per heavy atom. The van der Waals surface area contributed by atoms with E-state index < -0.39 is 0 Å². The molecule has 9 nitrogen and oxygen atoms in total. The van der Waals surface area contributed by atoms with Crippen LogP contribution in [-0.4, -0.2) is 40.8 Å². The number of fused-ring (bicyclic) bond motifs is 10. The first-order chi connectivity index (χ1) is 50.1. The quantitative estimate of drug-likeness (QED) is 0.119. The Morgan fingerprint density at radius 1 is 0.218 bits per heavy atom. The van der Waals surface area contributed by atoms with E-state index in [4.69, 9.17) is 24.9 Å². The minimum Gasteiger partial charge on any atom is -0.311 e. The summed E-state index contributed by atoms with van der Waals surface area (Å²) in [4.78, 5) is 31.7. The number of hydrogen-bond acceptors (Lipinski definition) is 7. The number of anilines is 6. The summed E-state index contributed by atoms with van der Waals surface area (Å²) >= 11 is 0. The first-order valence-electron chi connectivity index (χ1n) is 34.3. The molecule has 0 bridgehead atoms. The number of benzene rings is 14. The van der Waals surface area contributed by atoms with E-state index in [2.05, 4.69) is 304 Å². The van der Waals surface area contributed by atoms with Crippen molar-refractivity contribution in [3.05, 3.63) is 352 Å². The van der Waals surface area contributed by atoms with Gasteiger partial charge in [0.1, 0.15) is 0 Å². The van der Waals surface area contributed by atoms with Crippen LogP contribution in [0.25, 0.3) is 134 Å². The van der Waals surface area contributed by atoms with Gasteiger partial charge in [0, 0.05) is 94.7 Å². The van der Waals surface area contributed by atoms with E-state index in [0.717, 1.165) is 111 Å². The number of aromatic nitrogens is 7. The highest BCUT2D eigenvalue weighted by molar-refractivity contribution is 7.00. The number of para-hydroxylation sites is 6. The molecular formula is C91H58BN9. The van der Waals surface area contributed by atoms with Crippen LogP contribution in [0, 0.1) is 0 Å². The minimum absolute atomic E-state index is 0.0692. The van der Waals surface area contributed by atoms with Crippen molar-refractivity contribution in [3.8, 4) is 90.6 Å². The zero-order chi connectivity index (χ0) is 66.5. The van der Waals surface area contributed by atoms with Crippen molar-refractivity contribution < 1.29 is 0 Å². The van der Waals surface area contributed by atoms with Crippen molar-refractivity contribution in [2.24, 2.45) is 0 Å². The lowest BCUT2D eigenvalue weighted by atomic mass is 9.33. The van der Waals surface area contributed by atoms with E-state index in [-0.39, 0.29) is 6.71 Å². The maximum atomic E-state index is 5.70. The maximum absolute atomic E-state index is 5.70. The highest BCUT2D eigenvalue weighted by Gasteiger charge is 2.43. The van der Waals surface area contributed by atoms with Crippen LogP contribution in [-0.2, 0) is 0 Å². The monoisotopic (exact) mass is 1290 g/mol. The average Bonchev–Trinajstić information content (AvgIpc) is 1.46. The maximum Gasteiger partial charge on any atom is 0.252 e. The second kappa shape index (κ2) is 23.6. The van der Waals surface area contributed by atoms with Crippen LogP contribution in [0.5, 0.6) is 0 Å². The molecule has 14 aromatic carbocycles. The molecule has 0 aliphatic carbocycles. The third kappa shape index (κ3) is 9.59. The minimum atomic E-state index is 0.0692. The predicted molar refractivity (Wildman–Crippen MR) is 416 cm³/mol. The van der Waals surface area contributed by atoms with Gasteiger partial charge >= 0.3 is 0 Å². The molecule has 101 heavy (non-hydrogen) atoms. The van der Waals surface area contributed by atoms with E-state index in [1.807, 2.05) is 66.7 Å². The largest absolute Gasteiger partial charge is 0.311 e. The summed E-state index contributed by atoms with van der Waals surface area (Å²) < 4.78 is 4.82. The van der Waals surface area contributed by atoms with Gasteiger partial charge < -0.3 is 18.9 Å². The van der Waals surface area contributed by atoms with Crippen molar-refractivity contribution >= 4 is 101 Å². The van der Waals surface area contributed by atoms with Gasteiger partial charge in [-0.25, -0.2) is 24.9 Å². The van der Waals surface area contributed by atoms with Crippen molar-refractivity contribution in [3.63, 3.8) is 0 Å². The lowest BCUT2D eigenvalue weighted by Crippen LogP contribution is -2.61. The van der Waals surface area contributed by atoms with E-state index in [0.29, 0.717) is 23.3 Å². The molecule has 0 saturated heterocycles. The van der Waals surface area contributed by atoms with Gasteiger partial charge in [0.05, 0.1) is 39.1 Å². The van der Waals surface area contributed by atoms with E-state index in [1.165, 1.54) is 49.9 Å². The second-order valence-electron chi connectivity index (χ2n) is 25.9. The van der Waals surface area contributed by atoms with Gasteiger partial charge in [-0.3, -0.25) is 0 Å². The lowest BCUT2D eigenvalue weighted by molar-refractivity contribution is 1.07. The molecule has 2 aliphatic rings. The molecule has 4 aromatic heterocycles. The summed E-state index contributed by atoms with van der Waals surface area (Å²) in [6.07, 6.45) is 0. The van der Waals surface area contributed by atoms with Gasteiger partial charge in [0.2, 0.25) is 0 Å². The molecule has 20 rings (SSSR count). The average molecular weight is 1290 g/mol. The number of nitrogens with zero attached hydrogens (tertiary/aromatic N) is 9. The van der Waals surface area contributed by atoms with Crippen LogP contribution < -0.4 is 26.2 Å². The van der Waals surface area contributed by atoms with Gasteiger partial charge in [-0.15, -0.1) is 0 Å². The Kier molecular flexibility index (Phi) is 13.5. The predicted octanol–water partition coefficient (Wildman–Crippen LogP) is 20.6. The molecule has 18 aromatic rings. The standard InChI is InChI=1S/C91H58BN9/c1-6-25-61(26-7-1)76-57-77(94-88(93-76)64-47-45-59(46-48-64)60-49-52-68(53-50-60)100-82-42-23-19-38-75(82)92-74-37-18-22-41-81(74)99(67-33-14-5-15-34-67)83-43-24-44-84(100)87(83)92)73-55-65(91-96-89(62-27-8-2-9-28-62)95-90(97-91)63-29-10-3-11-30-63)51-54-80(73)101-79-40-21-17-36-70(79)72-56-71-69-35-16-20-39-78(69)98(85(71)58-86(72)101)66-31-12-4-13-32-66/h1-58H. The van der Waals surface area contributed by atoms with Gasteiger partial charge in [-0.05, 0) is 137 Å². The van der Waals surface area contributed by atoms with Crippen LogP contribution in [0.4, 0.5) is 34.1 Å². The number of rotatable bonds is 11. The number of hydrogen-bond donors (Lipinski definition) is 0. The third-order valence-electron chi connectivity index (χ3n) is 20.2. The first kappa shape index (κ1) is 57.7. The molecule has 0 amide bonds. The zero-order valence-electron chi connectivity index (χ0n) is 54.6. The van der Waals surface area contributed by atoms with Crippen LogP contribution in [0.2, 0.25) is 0 Å². The van der Waals surface area contributed by atoms with Crippen molar-refractivity contribution in [1.29, 1.82) is 0 Å². The summed E-state index contributed by atoms with van der Waals surface area (Å²) in [5, 5.41) is 4.67. The van der Waals surface area contributed by atoms with E-state index >= 15 is 0 Å².